The Kier molecular flexibility index (Phi) is 5.16. The molecule has 72 valence electrons. The Morgan fingerprint density at radius 2 is 1.46 bits per heavy atom. The maximum absolute atomic E-state index is 4.24. The summed E-state index contributed by atoms with van der Waals surface area (Å²) in [7, 11) is 0. The minimum Gasteiger partial charge on any atom is -0.370 e. The molecule has 0 spiro atoms. The Hall–Kier alpha value is -0.280. The molecule has 0 radical (unpaired) electrons. The smallest absolute Gasteiger partial charge is 0.0366 e. The lowest BCUT2D eigenvalue weighted by Crippen LogP contribution is -2.27. The van der Waals surface area contributed by atoms with E-state index in [9.17, 15) is 0 Å². The van der Waals surface area contributed by atoms with Gasteiger partial charge in [-0.05, 0) is 12.1 Å². The fourth-order valence-corrected chi connectivity index (χ4v) is 1.73. The summed E-state index contributed by atoms with van der Waals surface area (Å²) in [5.74, 6) is 1.76. The van der Waals surface area contributed by atoms with Crippen molar-refractivity contribution in [2.75, 3.05) is 29.5 Å². The third kappa shape index (κ3) is 3.53. The number of anilines is 1. The lowest BCUT2D eigenvalue weighted by molar-refractivity contribution is 0.882. The van der Waals surface area contributed by atoms with Gasteiger partial charge in [-0.1, -0.05) is 18.2 Å². The Morgan fingerprint density at radius 1 is 0.923 bits per heavy atom. The van der Waals surface area contributed by atoms with E-state index in [1.165, 1.54) is 5.69 Å². The number of hydrogen-bond acceptors (Lipinski definition) is 3. The van der Waals surface area contributed by atoms with Gasteiger partial charge >= 0.3 is 0 Å². The molecule has 0 heterocycles. The molecule has 0 unspecified atom stereocenters. The summed E-state index contributed by atoms with van der Waals surface area (Å²) in [6.07, 6.45) is 0. The zero-order valence-corrected chi connectivity index (χ0v) is 9.35. The van der Waals surface area contributed by atoms with E-state index in [1.807, 2.05) is 6.07 Å². The third-order valence-electron chi connectivity index (χ3n) is 1.86. The van der Waals surface area contributed by atoms with Gasteiger partial charge in [0.15, 0.2) is 0 Å². The summed E-state index contributed by atoms with van der Waals surface area (Å²) in [5.41, 5.74) is 1.26. The first kappa shape index (κ1) is 10.8. The van der Waals surface area contributed by atoms with Gasteiger partial charge in [0.05, 0.1) is 0 Å². The summed E-state index contributed by atoms with van der Waals surface area (Å²) in [4.78, 5) is 2.29. The van der Waals surface area contributed by atoms with Gasteiger partial charge in [-0.2, -0.15) is 25.3 Å². The van der Waals surface area contributed by atoms with Crippen molar-refractivity contribution in [3.8, 4) is 0 Å². The van der Waals surface area contributed by atoms with E-state index < -0.39 is 0 Å². The highest BCUT2D eigenvalue weighted by Crippen LogP contribution is 2.12. The molecule has 1 rings (SSSR count). The minimum atomic E-state index is 0.878. The zero-order valence-electron chi connectivity index (χ0n) is 7.56. The van der Waals surface area contributed by atoms with Crippen LogP contribution in [0.25, 0.3) is 0 Å². The predicted octanol–water partition coefficient (Wildman–Crippen LogP) is 2.35. The summed E-state index contributed by atoms with van der Waals surface area (Å²) in [6, 6.07) is 10.4. The largest absolute Gasteiger partial charge is 0.370 e. The van der Waals surface area contributed by atoms with E-state index in [2.05, 4.69) is 54.4 Å². The van der Waals surface area contributed by atoms with E-state index in [1.54, 1.807) is 0 Å². The Bertz CT molecular complexity index is 220. The van der Waals surface area contributed by atoms with Crippen LogP contribution in [0.3, 0.4) is 0 Å². The average molecular weight is 213 g/mol. The highest BCUT2D eigenvalue weighted by molar-refractivity contribution is 7.80. The van der Waals surface area contributed by atoms with Crippen LogP contribution in [0.4, 0.5) is 5.69 Å². The van der Waals surface area contributed by atoms with Gasteiger partial charge in [0.1, 0.15) is 0 Å². The molecule has 0 saturated heterocycles. The maximum Gasteiger partial charge on any atom is 0.0366 e. The second kappa shape index (κ2) is 6.22. The predicted molar refractivity (Wildman–Crippen MR) is 66.4 cm³/mol. The quantitative estimate of drug-likeness (QED) is 0.710. The van der Waals surface area contributed by atoms with Crippen LogP contribution in [0, 0.1) is 0 Å². The van der Waals surface area contributed by atoms with Crippen LogP contribution in [0.15, 0.2) is 30.3 Å². The lowest BCUT2D eigenvalue weighted by atomic mass is 10.3. The van der Waals surface area contributed by atoms with Crippen LogP contribution >= 0.6 is 25.3 Å². The summed E-state index contributed by atoms with van der Waals surface area (Å²) >= 11 is 8.47. The average Bonchev–Trinajstić information content (AvgIpc) is 2.19. The van der Waals surface area contributed by atoms with E-state index in [4.69, 9.17) is 0 Å². The van der Waals surface area contributed by atoms with E-state index in [0.717, 1.165) is 24.6 Å². The second-order valence-corrected chi connectivity index (χ2v) is 3.66. The van der Waals surface area contributed by atoms with Crippen molar-refractivity contribution < 1.29 is 0 Å². The molecule has 1 aromatic carbocycles. The maximum atomic E-state index is 4.24. The van der Waals surface area contributed by atoms with Crippen molar-refractivity contribution in [1.82, 2.24) is 0 Å². The molecular formula is C10H15NS2. The highest BCUT2D eigenvalue weighted by atomic mass is 32.1. The summed E-state index contributed by atoms with van der Waals surface area (Å²) in [6.45, 7) is 1.96. The first-order chi connectivity index (χ1) is 6.38. The van der Waals surface area contributed by atoms with Crippen LogP contribution in [0.5, 0.6) is 0 Å². The van der Waals surface area contributed by atoms with Gasteiger partial charge in [-0.3, -0.25) is 0 Å². The summed E-state index contributed by atoms with van der Waals surface area (Å²) in [5, 5.41) is 0. The molecule has 0 aliphatic heterocycles. The Labute approximate surface area is 91.0 Å². The van der Waals surface area contributed by atoms with Crippen LogP contribution < -0.4 is 4.90 Å². The SMILES string of the molecule is SCCN(CCS)c1ccccc1. The molecule has 1 aromatic rings. The summed E-state index contributed by atoms with van der Waals surface area (Å²) < 4.78 is 0. The van der Waals surface area contributed by atoms with Crippen molar-refractivity contribution >= 4 is 30.9 Å². The first-order valence-corrected chi connectivity index (χ1v) is 5.66. The molecule has 1 nitrogen and oxygen atoms in total. The van der Waals surface area contributed by atoms with E-state index >= 15 is 0 Å². The number of hydrogen-bond donors (Lipinski definition) is 2. The van der Waals surface area contributed by atoms with Crippen molar-refractivity contribution in [2.45, 2.75) is 0 Å². The van der Waals surface area contributed by atoms with Crippen LogP contribution in [0.1, 0.15) is 0 Å². The number of benzene rings is 1. The topological polar surface area (TPSA) is 3.24 Å². The molecule has 0 saturated carbocycles. The molecule has 0 aliphatic rings. The van der Waals surface area contributed by atoms with Gasteiger partial charge in [0.25, 0.3) is 0 Å². The molecular weight excluding hydrogens is 198 g/mol. The third-order valence-corrected chi connectivity index (χ3v) is 2.26. The number of para-hydroxylation sites is 1. The van der Waals surface area contributed by atoms with Crippen LogP contribution in [-0.4, -0.2) is 24.6 Å². The van der Waals surface area contributed by atoms with Gasteiger partial charge in [-0.25, -0.2) is 0 Å². The van der Waals surface area contributed by atoms with Gasteiger partial charge in [0, 0.05) is 30.3 Å². The van der Waals surface area contributed by atoms with Crippen LogP contribution in [-0.2, 0) is 0 Å². The zero-order chi connectivity index (χ0) is 9.52. The molecule has 0 N–H and O–H groups in total. The molecule has 3 heteroatoms. The fraction of sp³-hybridized carbons (Fsp3) is 0.400. The molecule has 0 aromatic heterocycles. The van der Waals surface area contributed by atoms with E-state index in [0.29, 0.717) is 0 Å². The van der Waals surface area contributed by atoms with Crippen molar-refractivity contribution in [3.05, 3.63) is 30.3 Å². The number of rotatable bonds is 5. The standard InChI is InChI=1S/C10H15NS2/c12-8-6-11(7-9-13)10-4-2-1-3-5-10/h1-5,12-13H,6-9H2. The monoisotopic (exact) mass is 213 g/mol. The fourth-order valence-electron chi connectivity index (χ4n) is 1.25. The first-order valence-electron chi connectivity index (χ1n) is 4.40. The van der Waals surface area contributed by atoms with Crippen molar-refractivity contribution in [3.63, 3.8) is 0 Å². The second-order valence-electron chi connectivity index (χ2n) is 2.77. The van der Waals surface area contributed by atoms with Crippen molar-refractivity contribution in [1.29, 1.82) is 0 Å². The molecule has 0 aliphatic carbocycles. The lowest BCUT2D eigenvalue weighted by Gasteiger charge is -2.22. The number of nitrogens with zero attached hydrogens (tertiary/aromatic N) is 1. The van der Waals surface area contributed by atoms with Crippen molar-refractivity contribution in [2.24, 2.45) is 0 Å². The molecule has 0 atom stereocenters. The van der Waals surface area contributed by atoms with Gasteiger partial charge < -0.3 is 4.90 Å². The normalized spacial score (nSPS) is 10.0. The Balaban J connectivity index is 2.64. The van der Waals surface area contributed by atoms with E-state index in [-0.39, 0.29) is 0 Å². The Morgan fingerprint density at radius 3 is 1.92 bits per heavy atom. The molecule has 13 heavy (non-hydrogen) atoms. The van der Waals surface area contributed by atoms with Gasteiger partial charge in [-0.15, -0.1) is 0 Å². The highest BCUT2D eigenvalue weighted by Gasteiger charge is 2.02. The molecule has 0 fully saturated rings. The van der Waals surface area contributed by atoms with Gasteiger partial charge in [0.2, 0.25) is 0 Å². The van der Waals surface area contributed by atoms with Crippen LogP contribution in [0.2, 0.25) is 0 Å². The molecule has 0 amide bonds. The molecule has 0 bridgehead atoms. The number of thiol groups is 2. The minimum absolute atomic E-state index is 0.878.